The summed E-state index contributed by atoms with van der Waals surface area (Å²) in [4.78, 5) is 21.0. The first-order valence-corrected chi connectivity index (χ1v) is 15.6. The summed E-state index contributed by atoms with van der Waals surface area (Å²) in [6.07, 6.45) is 14.5. The predicted octanol–water partition coefficient (Wildman–Crippen LogP) is 10.2. The molecule has 8 bridgehead atoms. The molecule has 2 aliphatic heterocycles. The molecule has 44 heavy (non-hydrogen) atoms. The van der Waals surface area contributed by atoms with Gasteiger partial charge in [-0.15, -0.1) is 27.8 Å². The SMILES string of the molecule is C=C=Cc1c2ccc([n-]2)c(C(CC)CC)c2nc(c(-c3ccccc3)c3nc(c(C(CC)CC)c4ccc1[n-]4)C=C3)C=C2.[Ni+2]. The molecule has 0 saturated heterocycles. The quantitative estimate of drug-likeness (QED) is 0.125. The molecular formula is C39H38N4Ni. The van der Waals surface area contributed by atoms with Crippen LogP contribution in [0.4, 0.5) is 0 Å². The minimum atomic E-state index is 0. The molecule has 0 atom stereocenters. The fourth-order valence-corrected chi connectivity index (χ4v) is 6.53. The Kier molecular flexibility index (Phi) is 9.69. The van der Waals surface area contributed by atoms with Crippen molar-refractivity contribution in [3.63, 3.8) is 0 Å². The summed E-state index contributed by atoms with van der Waals surface area (Å²) in [5.74, 6) is 0.653. The molecule has 2 aliphatic rings. The largest absolute Gasteiger partial charge is 2.00 e. The summed E-state index contributed by atoms with van der Waals surface area (Å²) in [7, 11) is 0. The molecule has 0 radical (unpaired) electrons. The predicted molar refractivity (Wildman–Crippen MR) is 182 cm³/mol. The van der Waals surface area contributed by atoms with Crippen LogP contribution >= 0.6 is 0 Å². The van der Waals surface area contributed by atoms with Gasteiger partial charge >= 0.3 is 16.5 Å². The second kappa shape index (κ2) is 13.6. The van der Waals surface area contributed by atoms with Gasteiger partial charge in [-0.05, 0) is 90.2 Å². The third kappa shape index (κ3) is 5.71. The zero-order valence-electron chi connectivity index (χ0n) is 25.9. The van der Waals surface area contributed by atoms with E-state index in [-0.39, 0.29) is 16.5 Å². The summed E-state index contributed by atoms with van der Waals surface area (Å²) in [6.45, 7) is 12.9. The fourth-order valence-electron chi connectivity index (χ4n) is 6.53. The van der Waals surface area contributed by atoms with Gasteiger partial charge in [0.25, 0.3) is 0 Å². The van der Waals surface area contributed by atoms with Crippen molar-refractivity contribution in [1.29, 1.82) is 0 Å². The topological polar surface area (TPSA) is 54.0 Å². The van der Waals surface area contributed by atoms with Crippen molar-refractivity contribution in [3.8, 4) is 11.1 Å². The fraction of sp³-hybridized carbons (Fsp3) is 0.256. The maximum Gasteiger partial charge on any atom is 2.00 e. The number of hydrogen-bond donors (Lipinski definition) is 0. The van der Waals surface area contributed by atoms with E-state index < -0.39 is 0 Å². The molecule has 0 unspecified atom stereocenters. The first kappa shape index (κ1) is 31.3. The minimum absolute atomic E-state index is 0. The van der Waals surface area contributed by atoms with Crippen LogP contribution in [0, 0.1) is 0 Å². The van der Waals surface area contributed by atoms with Crippen molar-refractivity contribution in [1.82, 2.24) is 19.9 Å². The monoisotopic (exact) mass is 620 g/mol. The van der Waals surface area contributed by atoms with Crippen LogP contribution < -0.4 is 9.97 Å². The maximum atomic E-state index is 5.31. The molecule has 0 fully saturated rings. The molecular weight excluding hydrogens is 583 g/mol. The number of benzene rings is 1. The van der Waals surface area contributed by atoms with Crippen molar-refractivity contribution in [3.05, 3.63) is 106 Å². The van der Waals surface area contributed by atoms with Crippen molar-refractivity contribution in [2.75, 3.05) is 0 Å². The van der Waals surface area contributed by atoms with Crippen molar-refractivity contribution in [2.24, 2.45) is 0 Å². The summed E-state index contributed by atoms with van der Waals surface area (Å²) < 4.78 is 0. The van der Waals surface area contributed by atoms with Crippen LogP contribution in [0.3, 0.4) is 0 Å². The Morgan fingerprint density at radius 1 is 0.636 bits per heavy atom. The first-order chi connectivity index (χ1) is 21.1. The molecule has 6 rings (SSSR count). The Morgan fingerprint density at radius 2 is 1.07 bits per heavy atom. The molecule has 0 amide bonds. The third-order valence-corrected chi connectivity index (χ3v) is 8.82. The Balaban J connectivity index is 0.00000384. The number of fused-ring (bicyclic) bond motifs is 8. The van der Waals surface area contributed by atoms with Crippen molar-refractivity contribution < 1.29 is 16.5 Å². The number of rotatable bonds is 8. The minimum Gasteiger partial charge on any atom is -0.657 e. The Bertz CT molecular complexity index is 1820. The van der Waals surface area contributed by atoms with Crippen LogP contribution in [0.1, 0.15) is 105 Å². The molecule has 0 N–H and O–H groups in total. The van der Waals surface area contributed by atoms with Gasteiger partial charge in [0.2, 0.25) is 0 Å². The molecule has 3 aromatic heterocycles. The summed E-state index contributed by atoms with van der Waals surface area (Å²) in [6, 6.07) is 18.9. The molecule has 0 spiro atoms. The van der Waals surface area contributed by atoms with Crippen molar-refractivity contribution in [2.45, 2.75) is 65.2 Å². The van der Waals surface area contributed by atoms with E-state index in [9.17, 15) is 0 Å². The van der Waals surface area contributed by atoms with Crippen LogP contribution in [-0.2, 0) is 16.5 Å². The van der Waals surface area contributed by atoms with Gasteiger partial charge in [-0.1, -0.05) is 88.9 Å². The van der Waals surface area contributed by atoms with Crippen LogP contribution in [-0.4, -0.2) is 9.97 Å². The van der Waals surface area contributed by atoms with E-state index in [1.165, 1.54) is 11.1 Å². The van der Waals surface area contributed by atoms with E-state index in [2.05, 4.69) is 119 Å². The first-order valence-electron chi connectivity index (χ1n) is 15.6. The zero-order chi connectivity index (χ0) is 29.9. The average molecular weight is 621 g/mol. The average Bonchev–Trinajstić information content (AvgIpc) is 3.86. The van der Waals surface area contributed by atoms with E-state index in [1.54, 1.807) is 0 Å². The molecule has 224 valence electrons. The van der Waals surface area contributed by atoms with E-state index in [4.69, 9.17) is 19.9 Å². The van der Waals surface area contributed by atoms with Crippen LogP contribution in [0.2, 0.25) is 0 Å². The van der Waals surface area contributed by atoms with Crippen LogP contribution in [0.25, 0.3) is 63.6 Å². The second-order valence-electron chi connectivity index (χ2n) is 11.2. The van der Waals surface area contributed by atoms with E-state index in [0.29, 0.717) is 11.8 Å². The van der Waals surface area contributed by atoms with Crippen LogP contribution in [0.15, 0.2) is 66.9 Å². The second-order valence-corrected chi connectivity index (χ2v) is 11.2. The molecule has 1 aromatic carbocycles. The number of hydrogen-bond acceptors (Lipinski definition) is 2. The zero-order valence-corrected chi connectivity index (χ0v) is 26.9. The molecule has 4 nitrogen and oxygen atoms in total. The Labute approximate surface area is 270 Å². The van der Waals surface area contributed by atoms with Gasteiger partial charge < -0.3 is 9.97 Å². The normalized spacial score (nSPS) is 12.0. The molecule has 0 aliphatic carbocycles. The van der Waals surface area contributed by atoms with E-state index in [1.807, 2.05) is 6.08 Å². The number of nitrogens with zero attached hydrogens (tertiary/aromatic N) is 4. The van der Waals surface area contributed by atoms with Gasteiger partial charge in [0.1, 0.15) is 0 Å². The summed E-state index contributed by atoms with van der Waals surface area (Å²) in [5, 5.41) is 0. The summed E-state index contributed by atoms with van der Waals surface area (Å²) >= 11 is 0. The van der Waals surface area contributed by atoms with Gasteiger partial charge in [-0.3, -0.25) is 0 Å². The van der Waals surface area contributed by atoms with Gasteiger partial charge in [-0.25, -0.2) is 9.97 Å². The number of aromatic nitrogens is 4. The maximum absolute atomic E-state index is 5.31. The van der Waals surface area contributed by atoms with Gasteiger partial charge in [0, 0.05) is 5.56 Å². The van der Waals surface area contributed by atoms with Crippen molar-refractivity contribution >= 4 is 52.4 Å². The van der Waals surface area contributed by atoms with Gasteiger partial charge in [-0.2, -0.15) is 0 Å². The molecule has 4 aromatic rings. The molecule has 0 saturated carbocycles. The van der Waals surface area contributed by atoms with E-state index >= 15 is 0 Å². The summed E-state index contributed by atoms with van der Waals surface area (Å²) in [5.41, 5.74) is 15.9. The standard InChI is InChI=1S/C39H38N4.Ni/c1-6-14-28-29-17-19-31(40-29)37(25(7-2)8-3)33-21-23-35(42-33)39(27-15-12-11-13-16-27)36-24-22-34(43-36)38(26(9-4)10-5)32-20-18-30(28)41-32;/h11-26H,1,7-10H2,2-5H3;/q-2;+2. The Morgan fingerprint density at radius 3 is 1.50 bits per heavy atom. The van der Waals surface area contributed by atoms with Gasteiger partial charge in [0.05, 0.1) is 22.8 Å². The van der Waals surface area contributed by atoms with Crippen LogP contribution in [0.5, 0.6) is 0 Å². The van der Waals surface area contributed by atoms with Gasteiger partial charge in [0.15, 0.2) is 0 Å². The molecule has 5 heteroatoms. The third-order valence-electron chi connectivity index (χ3n) is 8.82. The van der Waals surface area contributed by atoms with E-state index in [0.717, 1.165) is 87.2 Å². The molecule has 5 heterocycles. The smallest absolute Gasteiger partial charge is 0.657 e. The Hall–Kier alpha value is -4.17.